The number of rotatable bonds is 3. The zero-order valence-corrected chi connectivity index (χ0v) is 13.9. The standard InChI is InChI=1S/C18H25NO4/c1-19-16(21)13(6-14(20)23-2)15(17(19)22)18-7-10-3-11(8-18)5-12(4-10)9-18/h10-13,15H,3-9H2,1-2H3/t10?,11?,12?,13-,15-,18?/m0/s1. The molecule has 0 aromatic heterocycles. The van der Waals surface area contributed by atoms with E-state index < -0.39 is 5.92 Å². The van der Waals surface area contributed by atoms with Crippen molar-refractivity contribution in [3.8, 4) is 0 Å². The summed E-state index contributed by atoms with van der Waals surface area (Å²) in [6.45, 7) is 0. The van der Waals surface area contributed by atoms with Gasteiger partial charge in [0, 0.05) is 7.05 Å². The maximum Gasteiger partial charge on any atom is 0.306 e. The minimum atomic E-state index is -0.517. The molecular weight excluding hydrogens is 294 g/mol. The Morgan fingerprint density at radius 1 is 1.09 bits per heavy atom. The molecule has 4 saturated carbocycles. The number of likely N-dealkylation sites (tertiary alicyclic amines) is 1. The van der Waals surface area contributed by atoms with Crippen molar-refractivity contribution in [3.63, 3.8) is 0 Å². The van der Waals surface area contributed by atoms with Crippen LogP contribution in [0.15, 0.2) is 0 Å². The molecule has 1 saturated heterocycles. The maximum absolute atomic E-state index is 12.9. The lowest BCUT2D eigenvalue weighted by molar-refractivity contribution is -0.149. The van der Waals surface area contributed by atoms with E-state index in [9.17, 15) is 14.4 Å². The Bertz CT molecular complexity index is 534. The van der Waals surface area contributed by atoms with Gasteiger partial charge in [-0.15, -0.1) is 0 Å². The second-order valence-corrected chi connectivity index (χ2v) is 8.38. The molecule has 2 atom stereocenters. The van der Waals surface area contributed by atoms with Gasteiger partial charge in [-0.1, -0.05) is 0 Å². The van der Waals surface area contributed by atoms with Gasteiger partial charge in [-0.2, -0.15) is 0 Å². The second-order valence-electron chi connectivity index (χ2n) is 8.38. The lowest BCUT2D eigenvalue weighted by atomic mass is 9.45. The Balaban J connectivity index is 1.68. The summed E-state index contributed by atoms with van der Waals surface area (Å²) in [4.78, 5) is 38.5. The smallest absolute Gasteiger partial charge is 0.306 e. The highest BCUT2D eigenvalue weighted by Crippen LogP contribution is 2.65. The van der Waals surface area contributed by atoms with Gasteiger partial charge >= 0.3 is 5.97 Å². The van der Waals surface area contributed by atoms with Crippen molar-refractivity contribution in [1.82, 2.24) is 4.90 Å². The van der Waals surface area contributed by atoms with E-state index in [4.69, 9.17) is 4.74 Å². The summed E-state index contributed by atoms with van der Waals surface area (Å²) >= 11 is 0. The average Bonchev–Trinajstić information content (AvgIpc) is 2.70. The van der Waals surface area contributed by atoms with Crippen molar-refractivity contribution in [2.24, 2.45) is 35.0 Å². The van der Waals surface area contributed by atoms with Crippen molar-refractivity contribution in [2.45, 2.75) is 44.9 Å². The highest BCUT2D eigenvalue weighted by molar-refractivity contribution is 6.06. The van der Waals surface area contributed by atoms with Gasteiger partial charge in [-0.05, 0) is 61.7 Å². The van der Waals surface area contributed by atoms with Crippen molar-refractivity contribution in [2.75, 3.05) is 14.2 Å². The highest BCUT2D eigenvalue weighted by atomic mass is 16.5. The zero-order valence-electron chi connectivity index (χ0n) is 13.9. The van der Waals surface area contributed by atoms with Gasteiger partial charge in [0.2, 0.25) is 11.8 Å². The molecule has 1 heterocycles. The summed E-state index contributed by atoms with van der Waals surface area (Å²) < 4.78 is 4.78. The number of esters is 1. The predicted octanol–water partition coefficient (Wildman–Crippen LogP) is 2.00. The number of nitrogens with zero attached hydrogens (tertiary/aromatic N) is 1. The molecule has 0 radical (unpaired) electrons. The molecule has 0 N–H and O–H groups in total. The predicted molar refractivity (Wildman–Crippen MR) is 82.0 cm³/mol. The number of amides is 2. The number of ether oxygens (including phenoxy) is 1. The molecule has 2 amide bonds. The van der Waals surface area contributed by atoms with Crippen LogP contribution < -0.4 is 0 Å². The normalized spacial score (nSPS) is 45.0. The quantitative estimate of drug-likeness (QED) is 0.589. The van der Waals surface area contributed by atoms with E-state index >= 15 is 0 Å². The van der Waals surface area contributed by atoms with Crippen LogP contribution in [0.5, 0.6) is 0 Å². The van der Waals surface area contributed by atoms with Crippen LogP contribution in [-0.4, -0.2) is 36.8 Å². The summed E-state index contributed by atoms with van der Waals surface area (Å²) in [6.07, 6.45) is 7.12. The van der Waals surface area contributed by atoms with Crippen LogP contribution in [0.1, 0.15) is 44.9 Å². The summed E-state index contributed by atoms with van der Waals surface area (Å²) in [5.41, 5.74) is -0.0507. The van der Waals surface area contributed by atoms with Gasteiger partial charge in [-0.25, -0.2) is 0 Å². The summed E-state index contributed by atoms with van der Waals surface area (Å²) in [5, 5.41) is 0. The SMILES string of the molecule is COC(=O)C[C@@H]1C(=O)N(C)C(=O)[C@H]1C12CC3CC(CC(C3)C1)C2. The minimum absolute atomic E-state index is 0.0395. The molecule has 1 aliphatic heterocycles. The molecule has 126 valence electrons. The number of hydrogen-bond donors (Lipinski definition) is 0. The van der Waals surface area contributed by atoms with Gasteiger partial charge in [-0.3, -0.25) is 19.3 Å². The number of hydrogen-bond acceptors (Lipinski definition) is 4. The summed E-state index contributed by atoms with van der Waals surface area (Å²) in [7, 11) is 2.91. The van der Waals surface area contributed by atoms with Crippen molar-refractivity contribution < 1.29 is 19.1 Å². The van der Waals surface area contributed by atoms with Crippen molar-refractivity contribution in [3.05, 3.63) is 0 Å². The molecule has 5 aliphatic rings. The fraction of sp³-hybridized carbons (Fsp3) is 0.833. The zero-order chi connectivity index (χ0) is 16.4. The van der Waals surface area contributed by atoms with E-state index in [1.165, 1.54) is 31.3 Å². The Hall–Kier alpha value is -1.39. The van der Waals surface area contributed by atoms with Crippen LogP contribution in [-0.2, 0) is 19.1 Å². The molecule has 0 aromatic rings. The fourth-order valence-electron chi connectivity index (χ4n) is 6.60. The molecule has 0 unspecified atom stereocenters. The molecule has 0 spiro atoms. The first kappa shape index (κ1) is 15.2. The minimum Gasteiger partial charge on any atom is -0.469 e. The third-order valence-electron chi connectivity index (χ3n) is 7.01. The molecule has 0 aromatic carbocycles. The largest absolute Gasteiger partial charge is 0.469 e. The maximum atomic E-state index is 12.9. The Labute approximate surface area is 136 Å². The van der Waals surface area contributed by atoms with Gasteiger partial charge in [0.15, 0.2) is 0 Å². The molecule has 5 rings (SSSR count). The fourth-order valence-corrected chi connectivity index (χ4v) is 6.60. The number of methoxy groups -OCH3 is 1. The Morgan fingerprint density at radius 2 is 1.61 bits per heavy atom. The van der Waals surface area contributed by atoms with Gasteiger partial charge in [0.1, 0.15) is 0 Å². The van der Waals surface area contributed by atoms with E-state index in [0.717, 1.165) is 19.3 Å². The van der Waals surface area contributed by atoms with Crippen molar-refractivity contribution >= 4 is 17.8 Å². The van der Waals surface area contributed by atoms with Crippen LogP contribution in [0.2, 0.25) is 0 Å². The number of carbonyl (C=O) groups excluding carboxylic acids is 3. The topological polar surface area (TPSA) is 63.7 Å². The summed E-state index contributed by atoms with van der Waals surface area (Å²) in [6, 6.07) is 0. The lowest BCUT2D eigenvalue weighted by Gasteiger charge is -2.59. The number of imide groups is 1. The first-order valence-corrected chi connectivity index (χ1v) is 8.82. The molecule has 4 aliphatic carbocycles. The van der Waals surface area contributed by atoms with Crippen LogP contribution in [0.25, 0.3) is 0 Å². The third-order valence-corrected chi connectivity index (χ3v) is 7.01. The van der Waals surface area contributed by atoms with Crippen molar-refractivity contribution in [1.29, 1.82) is 0 Å². The molecule has 5 nitrogen and oxygen atoms in total. The molecule has 23 heavy (non-hydrogen) atoms. The Morgan fingerprint density at radius 3 is 2.09 bits per heavy atom. The molecule has 5 heteroatoms. The monoisotopic (exact) mass is 319 g/mol. The van der Waals surface area contributed by atoms with Crippen LogP contribution in [0.3, 0.4) is 0 Å². The van der Waals surface area contributed by atoms with Crippen LogP contribution in [0.4, 0.5) is 0 Å². The van der Waals surface area contributed by atoms with Crippen LogP contribution in [0, 0.1) is 35.0 Å². The summed E-state index contributed by atoms with van der Waals surface area (Å²) in [5.74, 6) is 0.674. The average molecular weight is 319 g/mol. The van der Waals surface area contributed by atoms with E-state index in [1.54, 1.807) is 7.05 Å². The first-order chi connectivity index (χ1) is 10.9. The van der Waals surface area contributed by atoms with E-state index in [1.807, 2.05) is 0 Å². The van der Waals surface area contributed by atoms with E-state index in [2.05, 4.69) is 0 Å². The molecular formula is C18H25NO4. The first-order valence-electron chi connectivity index (χ1n) is 8.82. The molecule has 5 fully saturated rings. The third kappa shape index (κ3) is 2.15. The van der Waals surface area contributed by atoms with Gasteiger partial charge < -0.3 is 4.74 Å². The number of carbonyl (C=O) groups is 3. The second kappa shape index (κ2) is 5.05. The van der Waals surface area contributed by atoms with Gasteiger partial charge in [0.05, 0.1) is 25.4 Å². The lowest BCUT2D eigenvalue weighted by Crippen LogP contribution is -2.52. The van der Waals surface area contributed by atoms with Crippen LogP contribution >= 0.6 is 0 Å². The van der Waals surface area contributed by atoms with Gasteiger partial charge in [0.25, 0.3) is 0 Å². The highest BCUT2D eigenvalue weighted by Gasteiger charge is 2.62. The molecule has 4 bridgehead atoms. The van der Waals surface area contributed by atoms with E-state index in [-0.39, 0.29) is 35.5 Å². The van der Waals surface area contributed by atoms with E-state index in [0.29, 0.717) is 17.8 Å². The Kier molecular flexibility index (Phi) is 3.33.